The molecule has 0 aliphatic carbocycles. The van der Waals surface area contributed by atoms with Crippen LogP contribution in [0.3, 0.4) is 0 Å². The summed E-state index contributed by atoms with van der Waals surface area (Å²) in [7, 11) is 0. The van der Waals surface area contributed by atoms with E-state index in [0.29, 0.717) is 32.7 Å². The van der Waals surface area contributed by atoms with Gasteiger partial charge in [-0.2, -0.15) is 0 Å². The molecule has 0 aromatic heterocycles. The van der Waals surface area contributed by atoms with Crippen molar-refractivity contribution in [3.63, 3.8) is 0 Å². The molecule has 0 saturated carbocycles. The Bertz CT molecular complexity index is 307. The summed E-state index contributed by atoms with van der Waals surface area (Å²) in [6, 6.07) is 0.128. The van der Waals surface area contributed by atoms with E-state index in [9.17, 15) is 9.90 Å². The molecular formula is C13H24N2O3. The second kappa shape index (κ2) is 5.55. The number of hydrogen-bond donors (Lipinski definition) is 2. The number of β-amino-alcohol motifs (C(OH)–C–C–N with tert-alkyl or cyclic N) is 1. The van der Waals surface area contributed by atoms with Crippen molar-refractivity contribution < 1.29 is 14.6 Å². The quantitative estimate of drug-likeness (QED) is 0.742. The highest BCUT2D eigenvalue weighted by atomic mass is 16.5. The lowest BCUT2D eigenvalue weighted by Crippen LogP contribution is -2.46. The van der Waals surface area contributed by atoms with Crippen molar-refractivity contribution >= 4 is 5.91 Å². The van der Waals surface area contributed by atoms with Gasteiger partial charge in [-0.25, -0.2) is 0 Å². The molecule has 0 aromatic carbocycles. The van der Waals surface area contributed by atoms with Crippen molar-refractivity contribution in [1.29, 1.82) is 0 Å². The van der Waals surface area contributed by atoms with E-state index >= 15 is 0 Å². The minimum absolute atomic E-state index is 0.0922. The van der Waals surface area contributed by atoms with Crippen LogP contribution in [-0.4, -0.2) is 60.4 Å². The van der Waals surface area contributed by atoms with Gasteiger partial charge in [0.15, 0.2) is 0 Å². The number of hydrogen-bond acceptors (Lipinski definition) is 4. The van der Waals surface area contributed by atoms with E-state index in [0.717, 1.165) is 13.0 Å². The van der Waals surface area contributed by atoms with Crippen molar-refractivity contribution in [2.45, 2.75) is 38.3 Å². The summed E-state index contributed by atoms with van der Waals surface area (Å²) >= 11 is 0. The second-order valence-corrected chi connectivity index (χ2v) is 5.71. The zero-order valence-electron chi connectivity index (χ0n) is 11.3. The van der Waals surface area contributed by atoms with E-state index in [2.05, 4.69) is 12.2 Å². The average molecular weight is 256 g/mol. The summed E-state index contributed by atoms with van der Waals surface area (Å²) in [5, 5.41) is 13.3. The van der Waals surface area contributed by atoms with Gasteiger partial charge >= 0.3 is 0 Å². The largest absolute Gasteiger partial charge is 0.388 e. The fraction of sp³-hybridized carbons (Fsp3) is 0.923. The Hall–Kier alpha value is -0.650. The standard InChI is InChI=1S/C13H24N2O3/c1-3-5-14-11-8-18-7-10(11)12(16)15-6-4-13(2,17)9-15/h10-11,14,17H,3-9H2,1-2H3. The molecule has 2 aliphatic heterocycles. The van der Waals surface area contributed by atoms with Crippen LogP contribution in [0, 0.1) is 5.92 Å². The van der Waals surface area contributed by atoms with Gasteiger partial charge in [-0.05, 0) is 26.3 Å². The first-order chi connectivity index (χ1) is 8.53. The van der Waals surface area contributed by atoms with Crippen molar-refractivity contribution in [2.75, 3.05) is 32.8 Å². The predicted molar refractivity (Wildman–Crippen MR) is 68.2 cm³/mol. The molecule has 5 heteroatoms. The van der Waals surface area contributed by atoms with E-state index < -0.39 is 5.60 Å². The molecule has 18 heavy (non-hydrogen) atoms. The molecular weight excluding hydrogens is 232 g/mol. The summed E-state index contributed by atoms with van der Waals surface area (Å²) in [4.78, 5) is 14.2. The van der Waals surface area contributed by atoms with Crippen LogP contribution in [0.25, 0.3) is 0 Å². The Kier molecular flexibility index (Phi) is 4.25. The van der Waals surface area contributed by atoms with Crippen LogP contribution in [0.1, 0.15) is 26.7 Å². The number of carbonyl (C=O) groups is 1. The number of carbonyl (C=O) groups excluding carboxylic acids is 1. The van der Waals surface area contributed by atoms with Crippen LogP contribution < -0.4 is 5.32 Å². The highest BCUT2D eigenvalue weighted by molar-refractivity contribution is 5.80. The number of rotatable bonds is 4. The van der Waals surface area contributed by atoms with Crippen molar-refractivity contribution in [2.24, 2.45) is 5.92 Å². The molecule has 2 aliphatic rings. The molecule has 2 saturated heterocycles. The van der Waals surface area contributed by atoms with Crippen molar-refractivity contribution in [1.82, 2.24) is 10.2 Å². The fourth-order valence-corrected chi connectivity index (χ4v) is 2.70. The van der Waals surface area contributed by atoms with Crippen LogP contribution in [-0.2, 0) is 9.53 Å². The lowest BCUT2D eigenvalue weighted by atomic mass is 10.0. The Morgan fingerprint density at radius 1 is 1.56 bits per heavy atom. The first-order valence-electron chi connectivity index (χ1n) is 6.86. The highest BCUT2D eigenvalue weighted by Crippen LogP contribution is 2.24. The molecule has 104 valence electrons. The summed E-state index contributed by atoms with van der Waals surface area (Å²) in [6.45, 7) is 7.02. The maximum atomic E-state index is 12.4. The van der Waals surface area contributed by atoms with Gasteiger partial charge in [-0.3, -0.25) is 4.79 Å². The minimum Gasteiger partial charge on any atom is -0.388 e. The third-order valence-corrected chi connectivity index (χ3v) is 3.82. The summed E-state index contributed by atoms with van der Waals surface area (Å²) in [5.41, 5.74) is -0.721. The molecule has 3 unspecified atom stereocenters. The molecule has 0 radical (unpaired) electrons. The third kappa shape index (κ3) is 3.02. The fourth-order valence-electron chi connectivity index (χ4n) is 2.70. The van der Waals surface area contributed by atoms with Gasteiger partial charge in [0.1, 0.15) is 0 Å². The van der Waals surface area contributed by atoms with Crippen LogP contribution in [0.4, 0.5) is 0 Å². The van der Waals surface area contributed by atoms with E-state index in [4.69, 9.17) is 4.74 Å². The Labute approximate surface area is 108 Å². The maximum Gasteiger partial charge on any atom is 0.229 e. The molecule has 3 atom stereocenters. The Morgan fingerprint density at radius 3 is 2.94 bits per heavy atom. The molecule has 2 fully saturated rings. The van der Waals surface area contributed by atoms with Crippen LogP contribution in [0.5, 0.6) is 0 Å². The molecule has 0 spiro atoms. The van der Waals surface area contributed by atoms with Gasteiger partial charge in [0.2, 0.25) is 5.91 Å². The lowest BCUT2D eigenvalue weighted by Gasteiger charge is -2.25. The third-order valence-electron chi connectivity index (χ3n) is 3.82. The average Bonchev–Trinajstić information content (AvgIpc) is 2.91. The zero-order valence-corrected chi connectivity index (χ0v) is 11.3. The smallest absolute Gasteiger partial charge is 0.229 e. The van der Waals surface area contributed by atoms with E-state index in [1.165, 1.54) is 0 Å². The molecule has 1 amide bonds. The molecule has 5 nitrogen and oxygen atoms in total. The summed E-state index contributed by atoms with van der Waals surface area (Å²) in [6.07, 6.45) is 1.72. The van der Waals surface area contributed by atoms with Crippen LogP contribution in [0.15, 0.2) is 0 Å². The van der Waals surface area contributed by atoms with Gasteiger partial charge < -0.3 is 20.1 Å². The maximum absolute atomic E-state index is 12.4. The summed E-state index contributed by atoms with van der Waals surface area (Å²) in [5.74, 6) is 0.0318. The molecule has 0 bridgehead atoms. The van der Waals surface area contributed by atoms with Crippen LogP contribution >= 0.6 is 0 Å². The first-order valence-corrected chi connectivity index (χ1v) is 6.86. The molecule has 0 aromatic rings. The Balaban J connectivity index is 1.92. The van der Waals surface area contributed by atoms with E-state index in [-0.39, 0.29) is 17.9 Å². The van der Waals surface area contributed by atoms with Gasteiger partial charge in [0.25, 0.3) is 0 Å². The number of aliphatic hydroxyl groups is 1. The predicted octanol–water partition coefficient (Wildman–Crippen LogP) is -0.0157. The normalized spacial score (nSPS) is 36.3. The SMILES string of the molecule is CCCNC1COCC1C(=O)N1CCC(C)(O)C1. The Morgan fingerprint density at radius 2 is 2.33 bits per heavy atom. The summed E-state index contributed by atoms with van der Waals surface area (Å²) < 4.78 is 5.43. The molecule has 2 rings (SSSR count). The molecule has 2 N–H and O–H groups in total. The van der Waals surface area contributed by atoms with E-state index in [1.54, 1.807) is 11.8 Å². The van der Waals surface area contributed by atoms with Gasteiger partial charge in [0.05, 0.1) is 24.7 Å². The monoisotopic (exact) mass is 256 g/mol. The van der Waals surface area contributed by atoms with Gasteiger partial charge in [-0.15, -0.1) is 0 Å². The number of likely N-dealkylation sites (tertiary alicyclic amines) is 1. The highest BCUT2D eigenvalue weighted by Gasteiger charge is 2.41. The lowest BCUT2D eigenvalue weighted by molar-refractivity contribution is -0.135. The van der Waals surface area contributed by atoms with E-state index in [1.807, 2.05) is 0 Å². The first kappa shape index (κ1) is 13.8. The molecule has 2 heterocycles. The topological polar surface area (TPSA) is 61.8 Å². The van der Waals surface area contributed by atoms with Crippen LogP contribution in [0.2, 0.25) is 0 Å². The second-order valence-electron chi connectivity index (χ2n) is 5.71. The number of ether oxygens (including phenoxy) is 1. The number of nitrogens with zero attached hydrogens (tertiary/aromatic N) is 1. The van der Waals surface area contributed by atoms with Gasteiger partial charge in [0, 0.05) is 19.1 Å². The number of nitrogens with one attached hydrogen (secondary N) is 1. The van der Waals surface area contributed by atoms with Crippen molar-refractivity contribution in [3.8, 4) is 0 Å². The van der Waals surface area contributed by atoms with Gasteiger partial charge in [-0.1, -0.05) is 6.92 Å². The van der Waals surface area contributed by atoms with Crippen molar-refractivity contribution in [3.05, 3.63) is 0 Å². The minimum atomic E-state index is -0.721. The zero-order chi connectivity index (χ0) is 13.2. The number of amides is 1.